The van der Waals surface area contributed by atoms with Crippen molar-refractivity contribution >= 4 is 39.5 Å². The lowest BCUT2D eigenvalue weighted by molar-refractivity contribution is -0.192. The molecule has 40 heavy (non-hydrogen) atoms. The third kappa shape index (κ3) is 5.30. The quantitative estimate of drug-likeness (QED) is 0.301. The molecule has 206 valence electrons. The summed E-state index contributed by atoms with van der Waals surface area (Å²) in [6.45, 7) is 0.932. The topological polar surface area (TPSA) is 124 Å². The molecule has 1 amide bonds. The van der Waals surface area contributed by atoms with E-state index in [0.717, 1.165) is 28.5 Å². The summed E-state index contributed by atoms with van der Waals surface area (Å²) in [7, 11) is 1.53. The van der Waals surface area contributed by atoms with E-state index in [4.69, 9.17) is 14.6 Å². The van der Waals surface area contributed by atoms with E-state index in [2.05, 4.69) is 43.0 Å². The van der Waals surface area contributed by atoms with Crippen molar-refractivity contribution in [1.82, 2.24) is 24.1 Å². The molecule has 13 heteroatoms. The molecule has 2 N–H and O–H groups in total. The Morgan fingerprint density at radius 3 is 2.35 bits per heavy atom. The van der Waals surface area contributed by atoms with Crippen molar-refractivity contribution in [1.29, 1.82) is 0 Å². The number of hydrogen-bond acceptors (Lipinski definition) is 6. The molecular formula is C27H23F3N6O4. The smallest absolute Gasteiger partial charge is 0.480 e. The number of carbonyl (C=O) groups is 2. The number of carbonyl (C=O) groups excluding carboxylic acids is 1. The third-order valence-electron chi connectivity index (χ3n) is 6.30. The van der Waals surface area contributed by atoms with Crippen LogP contribution in [0.15, 0.2) is 67.1 Å². The molecule has 1 aliphatic rings. The van der Waals surface area contributed by atoms with Crippen LogP contribution in [0.25, 0.3) is 27.9 Å². The molecule has 1 fully saturated rings. The first-order valence-electron chi connectivity index (χ1n) is 12.2. The number of amides is 1. The fraction of sp³-hybridized carbons (Fsp3) is 0.222. The fourth-order valence-electron chi connectivity index (χ4n) is 4.37. The number of methoxy groups -OCH3 is 1. The number of fused-ring (bicyclic) bond motifs is 3. The second-order valence-corrected chi connectivity index (χ2v) is 9.04. The summed E-state index contributed by atoms with van der Waals surface area (Å²) in [5.74, 6) is -1.56. The molecule has 0 spiro atoms. The Labute approximate surface area is 225 Å². The highest BCUT2D eigenvalue weighted by atomic mass is 19.4. The van der Waals surface area contributed by atoms with Crippen LogP contribution in [0.1, 0.15) is 23.3 Å². The van der Waals surface area contributed by atoms with E-state index in [9.17, 15) is 18.0 Å². The Kier molecular flexibility index (Phi) is 7.11. The highest BCUT2D eigenvalue weighted by Crippen LogP contribution is 2.38. The standard InChI is InChI=1S/C25H22N6O2.C2HF3O2/c1-33-24-18(7-4-11-26-24)29-23(32)21-14-20-22(31(21)25-27-12-5-13-28-25)17-6-2-3-8-19(17)30(20)15-16-9-10-16;3-2(4,5)1(6)7/h2-8,11-14,16H,9-10,15H2,1H3,(H,29,32);(H,6,7). The van der Waals surface area contributed by atoms with E-state index < -0.39 is 12.1 Å². The molecule has 1 aliphatic carbocycles. The number of halogens is 3. The Hall–Kier alpha value is -4.94. The second kappa shape index (κ2) is 10.7. The molecule has 1 saturated carbocycles. The highest BCUT2D eigenvalue weighted by molar-refractivity contribution is 6.13. The van der Waals surface area contributed by atoms with Gasteiger partial charge in [-0.2, -0.15) is 13.2 Å². The lowest BCUT2D eigenvalue weighted by atomic mass is 10.2. The monoisotopic (exact) mass is 552 g/mol. The average Bonchev–Trinajstić information content (AvgIpc) is 3.61. The third-order valence-corrected chi connectivity index (χ3v) is 6.30. The van der Waals surface area contributed by atoms with E-state index >= 15 is 0 Å². The van der Waals surface area contributed by atoms with Crippen LogP contribution < -0.4 is 10.1 Å². The summed E-state index contributed by atoms with van der Waals surface area (Å²) in [6, 6.07) is 15.5. The van der Waals surface area contributed by atoms with Gasteiger partial charge in [-0.25, -0.2) is 19.7 Å². The molecule has 4 aromatic heterocycles. The number of hydrogen-bond donors (Lipinski definition) is 2. The normalized spacial score (nSPS) is 13.1. The summed E-state index contributed by atoms with van der Waals surface area (Å²) in [5.41, 5.74) is 4.04. The first kappa shape index (κ1) is 26.7. The maximum absolute atomic E-state index is 13.5. The SMILES string of the molecule is COc1ncccc1NC(=O)c1cc2c(c3ccccc3n2CC2CC2)n1-c1ncccn1.O=C(O)C(F)(F)F. The number of carboxylic acid groups (broad SMARTS) is 1. The zero-order valence-electron chi connectivity index (χ0n) is 21.1. The molecule has 0 saturated heterocycles. The van der Waals surface area contributed by atoms with Crippen LogP contribution in [0.5, 0.6) is 5.88 Å². The molecule has 5 aromatic rings. The maximum atomic E-state index is 13.5. The van der Waals surface area contributed by atoms with Crippen molar-refractivity contribution in [2.75, 3.05) is 12.4 Å². The lowest BCUT2D eigenvalue weighted by Gasteiger charge is -2.11. The van der Waals surface area contributed by atoms with Crippen molar-refractivity contribution in [3.8, 4) is 11.8 Å². The minimum absolute atomic E-state index is 0.285. The van der Waals surface area contributed by atoms with Crippen LogP contribution in [0.4, 0.5) is 18.9 Å². The summed E-state index contributed by atoms with van der Waals surface area (Å²) >= 11 is 0. The predicted octanol–water partition coefficient (Wildman–Crippen LogP) is 5.07. The Morgan fingerprint density at radius 2 is 1.70 bits per heavy atom. The summed E-state index contributed by atoms with van der Waals surface area (Å²) in [4.78, 5) is 35.6. The largest absolute Gasteiger partial charge is 0.490 e. The Bertz CT molecular complexity index is 1690. The summed E-state index contributed by atoms with van der Waals surface area (Å²) in [5, 5.41) is 11.1. The number of carboxylic acids is 1. The van der Waals surface area contributed by atoms with E-state index in [0.29, 0.717) is 29.1 Å². The zero-order chi connectivity index (χ0) is 28.4. The minimum atomic E-state index is -5.08. The van der Waals surface area contributed by atoms with E-state index in [1.54, 1.807) is 36.8 Å². The van der Waals surface area contributed by atoms with Gasteiger partial charge >= 0.3 is 12.1 Å². The molecular weight excluding hydrogens is 529 g/mol. The highest BCUT2D eigenvalue weighted by Gasteiger charge is 2.38. The van der Waals surface area contributed by atoms with Gasteiger partial charge in [-0.3, -0.25) is 9.36 Å². The molecule has 1 aromatic carbocycles. The number of anilines is 1. The number of benzene rings is 1. The van der Waals surface area contributed by atoms with Crippen LogP contribution in [0, 0.1) is 5.92 Å². The molecule has 4 heterocycles. The van der Waals surface area contributed by atoms with Crippen molar-refractivity contribution in [3.63, 3.8) is 0 Å². The van der Waals surface area contributed by atoms with Crippen LogP contribution >= 0.6 is 0 Å². The average molecular weight is 553 g/mol. The summed E-state index contributed by atoms with van der Waals surface area (Å²) < 4.78 is 41.2. The number of aromatic nitrogens is 5. The second-order valence-electron chi connectivity index (χ2n) is 9.04. The van der Waals surface area contributed by atoms with Crippen molar-refractivity contribution < 1.29 is 32.6 Å². The van der Waals surface area contributed by atoms with E-state index in [1.165, 1.54) is 20.0 Å². The molecule has 0 bridgehead atoms. The number of alkyl halides is 3. The molecule has 0 aliphatic heterocycles. The van der Waals surface area contributed by atoms with Gasteiger partial charge in [0.15, 0.2) is 0 Å². The van der Waals surface area contributed by atoms with Gasteiger partial charge in [-0.15, -0.1) is 0 Å². The van der Waals surface area contributed by atoms with Crippen molar-refractivity contribution in [3.05, 3.63) is 72.8 Å². The van der Waals surface area contributed by atoms with E-state index in [-0.39, 0.29) is 5.91 Å². The van der Waals surface area contributed by atoms with Crippen molar-refractivity contribution in [2.24, 2.45) is 5.92 Å². The molecule has 10 nitrogen and oxygen atoms in total. The zero-order valence-corrected chi connectivity index (χ0v) is 21.1. The fourth-order valence-corrected chi connectivity index (χ4v) is 4.37. The van der Waals surface area contributed by atoms with Crippen LogP contribution in [-0.2, 0) is 11.3 Å². The van der Waals surface area contributed by atoms with Gasteiger partial charge < -0.3 is 19.7 Å². The minimum Gasteiger partial charge on any atom is -0.480 e. The van der Waals surface area contributed by atoms with Crippen molar-refractivity contribution in [2.45, 2.75) is 25.6 Å². The van der Waals surface area contributed by atoms with Gasteiger partial charge in [-0.1, -0.05) is 18.2 Å². The molecule has 0 unspecified atom stereocenters. The van der Waals surface area contributed by atoms with Gasteiger partial charge in [0.25, 0.3) is 5.91 Å². The molecule has 6 rings (SSSR count). The number of ether oxygens (including phenoxy) is 1. The Balaban J connectivity index is 0.000000411. The predicted molar refractivity (Wildman–Crippen MR) is 140 cm³/mol. The number of para-hydroxylation sites is 1. The van der Waals surface area contributed by atoms with E-state index in [1.807, 2.05) is 16.7 Å². The first-order valence-corrected chi connectivity index (χ1v) is 12.2. The van der Waals surface area contributed by atoms with Gasteiger partial charge in [0.2, 0.25) is 11.8 Å². The summed E-state index contributed by atoms with van der Waals surface area (Å²) in [6.07, 6.45) is 2.39. The molecule has 0 radical (unpaired) electrons. The number of rotatable bonds is 6. The molecule has 0 atom stereocenters. The van der Waals surface area contributed by atoms with Crippen LogP contribution in [0.3, 0.4) is 0 Å². The van der Waals surface area contributed by atoms with Crippen LogP contribution in [-0.4, -0.2) is 54.4 Å². The van der Waals surface area contributed by atoms with Gasteiger partial charge in [0.05, 0.1) is 23.7 Å². The van der Waals surface area contributed by atoms with Gasteiger partial charge in [0.1, 0.15) is 11.4 Å². The lowest BCUT2D eigenvalue weighted by Crippen LogP contribution is -2.21. The first-order chi connectivity index (χ1) is 19.2. The number of nitrogens with zero attached hydrogens (tertiary/aromatic N) is 5. The maximum Gasteiger partial charge on any atom is 0.490 e. The number of pyridine rings is 1. The van der Waals surface area contributed by atoms with Gasteiger partial charge in [0, 0.05) is 30.5 Å². The van der Waals surface area contributed by atoms with Crippen LogP contribution in [0.2, 0.25) is 0 Å². The van der Waals surface area contributed by atoms with Gasteiger partial charge in [-0.05, 0) is 49.1 Å². The number of aliphatic carboxylic acids is 1. The number of nitrogens with one attached hydrogen (secondary N) is 1. The Morgan fingerprint density at radius 1 is 1.02 bits per heavy atom.